The summed E-state index contributed by atoms with van der Waals surface area (Å²) in [6, 6.07) is 6.74. The first-order valence-electron chi connectivity index (χ1n) is 15.7. The number of hydrazone groups is 1. The number of hydrogen-bond donors (Lipinski definition) is 3. The number of carbonyl (C=O) groups excluding carboxylic acids is 4. The molecule has 0 unspecified atom stereocenters. The molecule has 3 heterocycles. The van der Waals surface area contributed by atoms with Crippen LogP contribution < -0.4 is 16.1 Å². The molecule has 246 valence electrons. The third-order valence-corrected chi connectivity index (χ3v) is 8.18. The van der Waals surface area contributed by atoms with Crippen LogP contribution in [0.2, 0.25) is 0 Å². The second kappa shape index (κ2) is 14.7. The zero-order valence-electron chi connectivity index (χ0n) is 27.4. The Morgan fingerprint density at radius 3 is 2.61 bits per heavy atom. The summed E-state index contributed by atoms with van der Waals surface area (Å²) in [5.41, 5.74) is 4.17. The van der Waals surface area contributed by atoms with Gasteiger partial charge in [-0.3, -0.25) is 29.2 Å². The van der Waals surface area contributed by atoms with Crippen molar-refractivity contribution in [1.29, 1.82) is 0 Å². The standard InChI is InChI=1S/C34H45N7O5/c1-8-17-40(35-7)20-28-31(43)41-18-9-10-26(39-41)32(44)46-22(4)25-14-13-24-12-11-23(19-27(24)36-25)15-16-34(5,6)33(45)38-29(21(2)3)30(42)37-28/h8,11-17,19,21-22,26,28-29,39H,7,9-10,18,20H2,1-6H3,(H,37,42)(H,38,45)/b16-15+,17-8-/t22-,26+,28+,29+/m1/s1. The third kappa shape index (κ3) is 8.16. The number of pyridine rings is 1. The van der Waals surface area contributed by atoms with Gasteiger partial charge in [0.1, 0.15) is 24.2 Å². The van der Waals surface area contributed by atoms with Crippen molar-refractivity contribution >= 4 is 47.4 Å². The molecule has 4 atom stereocenters. The van der Waals surface area contributed by atoms with Crippen LogP contribution in [0.4, 0.5) is 0 Å². The molecule has 1 aromatic heterocycles. The molecular formula is C34H45N7O5. The number of fused-ring (bicyclic) bond motifs is 4. The Bertz CT molecular complexity index is 1540. The highest BCUT2D eigenvalue weighted by Crippen LogP contribution is 2.25. The van der Waals surface area contributed by atoms with Gasteiger partial charge in [0.25, 0.3) is 5.91 Å². The van der Waals surface area contributed by atoms with Crippen LogP contribution in [-0.4, -0.2) is 76.6 Å². The lowest BCUT2D eigenvalue weighted by molar-refractivity contribution is -0.157. The lowest BCUT2D eigenvalue weighted by Gasteiger charge is -2.36. The van der Waals surface area contributed by atoms with Crippen LogP contribution in [0.25, 0.3) is 17.0 Å². The van der Waals surface area contributed by atoms with Crippen molar-refractivity contribution in [2.75, 3.05) is 13.1 Å². The number of allylic oxidation sites excluding steroid dienone is 1. The zero-order valence-corrected chi connectivity index (χ0v) is 27.4. The molecule has 1 saturated heterocycles. The molecule has 2 aromatic rings. The number of rotatable bonds is 5. The summed E-state index contributed by atoms with van der Waals surface area (Å²) in [5.74, 6) is -2.13. The molecule has 2 aliphatic heterocycles. The first-order valence-corrected chi connectivity index (χ1v) is 15.7. The van der Waals surface area contributed by atoms with Crippen molar-refractivity contribution < 1.29 is 23.9 Å². The van der Waals surface area contributed by atoms with Gasteiger partial charge in [0.2, 0.25) is 11.8 Å². The maximum Gasteiger partial charge on any atom is 0.325 e. The van der Waals surface area contributed by atoms with E-state index in [1.54, 1.807) is 46.0 Å². The molecule has 12 heteroatoms. The van der Waals surface area contributed by atoms with Gasteiger partial charge in [-0.15, -0.1) is 0 Å². The minimum Gasteiger partial charge on any atom is -0.455 e. The van der Waals surface area contributed by atoms with E-state index in [-0.39, 0.29) is 18.4 Å². The van der Waals surface area contributed by atoms with Crippen molar-refractivity contribution in [2.24, 2.45) is 16.4 Å². The SMILES string of the molecule is C=NN(/C=C\C)C[C@@H]1NC(=O)[C@H](C(C)C)NC(=O)C(C)(C)/C=C/c2ccc3ccc(nc3c2)[C@@H](C)OC(=O)[C@@H]2CCCN(N2)C1=O. The zero-order chi connectivity index (χ0) is 33.6. The Labute approximate surface area is 270 Å². The van der Waals surface area contributed by atoms with E-state index in [9.17, 15) is 19.2 Å². The minimum absolute atomic E-state index is 0.0254. The highest BCUT2D eigenvalue weighted by Gasteiger charge is 2.37. The molecule has 12 nitrogen and oxygen atoms in total. The number of hydrazine groups is 1. The second-order valence-electron chi connectivity index (χ2n) is 12.6. The van der Waals surface area contributed by atoms with Gasteiger partial charge in [0, 0.05) is 24.8 Å². The first kappa shape index (κ1) is 34.3. The van der Waals surface area contributed by atoms with Crippen LogP contribution in [0.15, 0.2) is 53.8 Å². The van der Waals surface area contributed by atoms with Crippen LogP contribution in [0.1, 0.15) is 71.7 Å². The number of esters is 1. The van der Waals surface area contributed by atoms with Crippen LogP contribution >= 0.6 is 0 Å². The Kier molecular flexibility index (Phi) is 10.9. The maximum atomic E-state index is 13.9. The van der Waals surface area contributed by atoms with Crippen LogP contribution in [0.5, 0.6) is 0 Å². The van der Waals surface area contributed by atoms with E-state index in [2.05, 4.69) is 27.9 Å². The number of ether oxygens (including phenoxy) is 1. The summed E-state index contributed by atoms with van der Waals surface area (Å²) < 4.78 is 5.82. The normalized spacial score (nSPS) is 25.2. The lowest BCUT2D eigenvalue weighted by Crippen LogP contribution is -2.63. The Morgan fingerprint density at radius 2 is 1.91 bits per heavy atom. The molecule has 2 aliphatic rings. The summed E-state index contributed by atoms with van der Waals surface area (Å²) >= 11 is 0. The third-order valence-electron chi connectivity index (χ3n) is 8.18. The number of nitrogens with zero attached hydrogens (tertiary/aromatic N) is 4. The van der Waals surface area contributed by atoms with E-state index >= 15 is 0 Å². The minimum atomic E-state index is -1.09. The summed E-state index contributed by atoms with van der Waals surface area (Å²) in [6.07, 6.45) is 7.35. The number of aromatic nitrogens is 1. The van der Waals surface area contributed by atoms with Crippen molar-refractivity contribution in [1.82, 2.24) is 31.1 Å². The predicted octanol–water partition coefficient (Wildman–Crippen LogP) is 3.46. The molecular weight excluding hydrogens is 586 g/mol. The van der Waals surface area contributed by atoms with Crippen molar-refractivity contribution in [3.05, 3.63) is 59.9 Å². The molecule has 3 amide bonds. The Morgan fingerprint density at radius 1 is 1.17 bits per heavy atom. The molecule has 1 fully saturated rings. The van der Waals surface area contributed by atoms with E-state index in [1.165, 1.54) is 10.0 Å². The smallest absolute Gasteiger partial charge is 0.325 e. The molecule has 4 rings (SSSR count). The Hall–Kier alpha value is -4.58. The van der Waals surface area contributed by atoms with Gasteiger partial charge in [-0.2, -0.15) is 5.10 Å². The Balaban J connectivity index is 1.74. The summed E-state index contributed by atoms with van der Waals surface area (Å²) in [4.78, 5) is 59.3. The molecule has 0 saturated carbocycles. The predicted molar refractivity (Wildman–Crippen MR) is 177 cm³/mol. The number of nitrogens with one attached hydrogen (secondary N) is 3. The number of benzene rings is 1. The molecule has 0 spiro atoms. The number of carbonyl (C=O) groups is 4. The second-order valence-corrected chi connectivity index (χ2v) is 12.6. The summed E-state index contributed by atoms with van der Waals surface area (Å²) in [7, 11) is 0. The summed E-state index contributed by atoms with van der Waals surface area (Å²) in [6.45, 7) is 14.6. The van der Waals surface area contributed by atoms with Gasteiger partial charge in [-0.25, -0.2) is 10.4 Å². The number of cyclic esters (lactones) is 1. The fraction of sp³-hybridized carbons (Fsp3) is 0.471. The quantitative estimate of drug-likeness (QED) is 0.259. The van der Waals surface area contributed by atoms with Gasteiger partial charge < -0.3 is 15.4 Å². The van der Waals surface area contributed by atoms with E-state index in [0.29, 0.717) is 30.6 Å². The molecule has 1 aromatic carbocycles. The fourth-order valence-corrected chi connectivity index (χ4v) is 5.31. The molecule has 5 bridgehead atoms. The van der Waals surface area contributed by atoms with Crippen LogP contribution in [0.3, 0.4) is 0 Å². The highest BCUT2D eigenvalue weighted by atomic mass is 16.5. The van der Waals surface area contributed by atoms with Crippen molar-refractivity contribution in [3.63, 3.8) is 0 Å². The topological polar surface area (TPSA) is 145 Å². The largest absolute Gasteiger partial charge is 0.455 e. The van der Waals surface area contributed by atoms with E-state index in [0.717, 1.165) is 10.9 Å². The van der Waals surface area contributed by atoms with Crippen molar-refractivity contribution in [3.8, 4) is 0 Å². The van der Waals surface area contributed by atoms with Gasteiger partial charge in [-0.1, -0.05) is 50.3 Å². The van der Waals surface area contributed by atoms with E-state index in [1.807, 2.05) is 50.3 Å². The average molecular weight is 632 g/mol. The molecule has 0 aliphatic carbocycles. The monoisotopic (exact) mass is 631 g/mol. The molecule has 0 radical (unpaired) electrons. The van der Waals surface area contributed by atoms with Gasteiger partial charge in [0.15, 0.2) is 0 Å². The van der Waals surface area contributed by atoms with E-state index in [4.69, 9.17) is 9.72 Å². The van der Waals surface area contributed by atoms with E-state index < -0.39 is 47.4 Å². The average Bonchev–Trinajstić information content (AvgIpc) is 3.04. The summed E-state index contributed by atoms with van der Waals surface area (Å²) in [5, 5.41) is 13.4. The van der Waals surface area contributed by atoms with Gasteiger partial charge in [0.05, 0.1) is 23.2 Å². The number of hydrogen-bond acceptors (Lipinski definition) is 9. The lowest BCUT2D eigenvalue weighted by atomic mass is 9.89. The molecule has 46 heavy (non-hydrogen) atoms. The highest BCUT2D eigenvalue weighted by molar-refractivity contribution is 5.94. The van der Waals surface area contributed by atoms with Gasteiger partial charge in [-0.05, 0) is 64.2 Å². The number of amides is 3. The van der Waals surface area contributed by atoms with Crippen LogP contribution in [0, 0.1) is 11.3 Å². The van der Waals surface area contributed by atoms with Gasteiger partial charge >= 0.3 is 5.97 Å². The first-order chi connectivity index (χ1) is 21.8. The maximum absolute atomic E-state index is 13.9. The van der Waals surface area contributed by atoms with Crippen molar-refractivity contribution in [2.45, 2.75) is 78.6 Å². The molecule has 3 N–H and O–H groups in total. The van der Waals surface area contributed by atoms with Crippen LogP contribution in [-0.2, 0) is 23.9 Å². The fourth-order valence-electron chi connectivity index (χ4n) is 5.31.